The third-order valence-corrected chi connectivity index (χ3v) is 3.90. The molecule has 1 aliphatic carbocycles. The van der Waals surface area contributed by atoms with E-state index in [2.05, 4.69) is 0 Å². The standard InChI is InChI=1S/C16H14O4/c1-19-15(18)16(14(17)12-7-8-20-10-12)9-13(16)11-5-3-2-4-6-11/h2-8,10,13H,9H2,1H3. The zero-order chi connectivity index (χ0) is 14.2. The van der Waals surface area contributed by atoms with E-state index in [-0.39, 0.29) is 11.7 Å². The van der Waals surface area contributed by atoms with Gasteiger partial charge in [0, 0.05) is 5.92 Å². The highest BCUT2D eigenvalue weighted by molar-refractivity contribution is 6.16. The van der Waals surface area contributed by atoms with E-state index in [0.717, 1.165) is 5.56 Å². The average Bonchev–Trinajstić information content (AvgIpc) is 3.02. The van der Waals surface area contributed by atoms with Gasteiger partial charge >= 0.3 is 5.97 Å². The largest absolute Gasteiger partial charge is 0.472 e. The van der Waals surface area contributed by atoms with Crippen LogP contribution in [0.5, 0.6) is 0 Å². The molecule has 0 saturated heterocycles. The van der Waals surface area contributed by atoms with E-state index in [9.17, 15) is 9.59 Å². The third-order valence-electron chi connectivity index (χ3n) is 3.90. The molecule has 1 saturated carbocycles. The minimum Gasteiger partial charge on any atom is -0.472 e. The summed E-state index contributed by atoms with van der Waals surface area (Å²) >= 11 is 0. The fourth-order valence-electron chi connectivity index (χ4n) is 2.75. The van der Waals surface area contributed by atoms with Gasteiger partial charge in [-0.05, 0) is 18.1 Å². The third kappa shape index (κ3) is 1.76. The summed E-state index contributed by atoms with van der Waals surface area (Å²) in [7, 11) is 1.31. The van der Waals surface area contributed by atoms with E-state index in [1.165, 1.54) is 19.6 Å². The summed E-state index contributed by atoms with van der Waals surface area (Å²) in [5.74, 6) is -0.831. The van der Waals surface area contributed by atoms with Crippen LogP contribution in [-0.4, -0.2) is 18.9 Å². The van der Waals surface area contributed by atoms with Gasteiger partial charge in [-0.3, -0.25) is 9.59 Å². The normalized spacial score (nSPS) is 24.1. The first kappa shape index (κ1) is 12.7. The number of esters is 1. The summed E-state index contributed by atoms with van der Waals surface area (Å²) in [5, 5.41) is 0. The molecule has 0 bridgehead atoms. The maximum absolute atomic E-state index is 12.6. The van der Waals surface area contributed by atoms with Crippen molar-refractivity contribution in [3.05, 3.63) is 60.1 Å². The number of methoxy groups -OCH3 is 1. The molecule has 1 aromatic heterocycles. The number of carbonyl (C=O) groups is 2. The predicted octanol–water partition coefficient (Wildman–Crippen LogP) is 2.81. The van der Waals surface area contributed by atoms with Gasteiger partial charge in [0.2, 0.25) is 0 Å². The Labute approximate surface area is 116 Å². The highest BCUT2D eigenvalue weighted by Crippen LogP contribution is 2.61. The molecule has 1 aromatic carbocycles. The summed E-state index contributed by atoms with van der Waals surface area (Å²) in [6, 6.07) is 11.1. The number of carbonyl (C=O) groups excluding carboxylic acids is 2. The van der Waals surface area contributed by atoms with Gasteiger partial charge in [0.15, 0.2) is 5.78 Å². The Morgan fingerprint density at radius 1 is 1.25 bits per heavy atom. The van der Waals surface area contributed by atoms with E-state index in [0.29, 0.717) is 12.0 Å². The highest BCUT2D eigenvalue weighted by atomic mass is 16.5. The number of furan rings is 1. The quantitative estimate of drug-likeness (QED) is 0.487. The Morgan fingerprint density at radius 2 is 2.00 bits per heavy atom. The molecule has 0 radical (unpaired) electrons. The first-order valence-corrected chi connectivity index (χ1v) is 6.40. The zero-order valence-electron chi connectivity index (χ0n) is 11.0. The monoisotopic (exact) mass is 270 g/mol. The van der Waals surface area contributed by atoms with Crippen LogP contribution in [0.3, 0.4) is 0 Å². The number of rotatable bonds is 4. The van der Waals surface area contributed by atoms with Crippen molar-refractivity contribution in [3.63, 3.8) is 0 Å². The van der Waals surface area contributed by atoms with Crippen LogP contribution in [0.25, 0.3) is 0 Å². The van der Waals surface area contributed by atoms with Gasteiger partial charge < -0.3 is 9.15 Å². The van der Waals surface area contributed by atoms with Gasteiger partial charge in [0.1, 0.15) is 11.7 Å². The molecule has 0 N–H and O–H groups in total. The minimum atomic E-state index is -1.10. The Balaban J connectivity index is 1.97. The van der Waals surface area contributed by atoms with Crippen molar-refractivity contribution in [1.82, 2.24) is 0 Å². The van der Waals surface area contributed by atoms with Crippen molar-refractivity contribution in [2.45, 2.75) is 12.3 Å². The van der Waals surface area contributed by atoms with Crippen molar-refractivity contribution >= 4 is 11.8 Å². The molecule has 2 aromatic rings. The van der Waals surface area contributed by atoms with Crippen LogP contribution in [-0.2, 0) is 9.53 Å². The minimum absolute atomic E-state index is 0.126. The second-order valence-corrected chi connectivity index (χ2v) is 4.97. The van der Waals surface area contributed by atoms with Gasteiger partial charge in [0.05, 0.1) is 18.9 Å². The number of benzene rings is 1. The first-order chi connectivity index (χ1) is 9.70. The Bertz CT molecular complexity index is 630. The van der Waals surface area contributed by atoms with Crippen LogP contribution in [0.15, 0.2) is 53.3 Å². The molecule has 2 unspecified atom stereocenters. The van der Waals surface area contributed by atoms with Crippen molar-refractivity contribution < 1.29 is 18.7 Å². The number of ether oxygens (including phenoxy) is 1. The molecule has 0 aliphatic heterocycles. The summed E-state index contributed by atoms with van der Waals surface area (Å²) < 4.78 is 9.80. The smallest absolute Gasteiger partial charge is 0.320 e. The van der Waals surface area contributed by atoms with Crippen molar-refractivity contribution in [2.24, 2.45) is 5.41 Å². The molecule has 4 heteroatoms. The number of hydrogen-bond donors (Lipinski definition) is 0. The Hall–Kier alpha value is -2.36. The van der Waals surface area contributed by atoms with E-state index in [4.69, 9.17) is 9.15 Å². The summed E-state index contributed by atoms with van der Waals surface area (Å²) in [5.41, 5.74) is 0.295. The predicted molar refractivity (Wildman–Crippen MR) is 71.3 cm³/mol. The molecular weight excluding hydrogens is 256 g/mol. The van der Waals surface area contributed by atoms with E-state index < -0.39 is 11.4 Å². The van der Waals surface area contributed by atoms with Crippen LogP contribution in [0.1, 0.15) is 28.3 Å². The fourth-order valence-corrected chi connectivity index (χ4v) is 2.75. The molecule has 102 valence electrons. The average molecular weight is 270 g/mol. The molecule has 0 spiro atoms. The highest BCUT2D eigenvalue weighted by Gasteiger charge is 2.67. The molecule has 3 rings (SSSR count). The molecular formula is C16H14O4. The topological polar surface area (TPSA) is 56.5 Å². The summed E-state index contributed by atoms with van der Waals surface area (Å²) in [4.78, 5) is 24.8. The summed E-state index contributed by atoms with van der Waals surface area (Å²) in [6.07, 6.45) is 3.28. The SMILES string of the molecule is COC(=O)C1(C(=O)c2ccoc2)CC1c1ccccc1. The van der Waals surface area contributed by atoms with E-state index in [1.807, 2.05) is 30.3 Å². The van der Waals surface area contributed by atoms with Crippen LogP contribution in [0.2, 0.25) is 0 Å². The second kappa shape index (κ2) is 4.63. The van der Waals surface area contributed by atoms with Gasteiger partial charge in [-0.1, -0.05) is 30.3 Å². The van der Waals surface area contributed by atoms with Crippen LogP contribution in [0.4, 0.5) is 0 Å². The lowest BCUT2D eigenvalue weighted by Gasteiger charge is -2.13. The van der Waals surface area contributed by atoms with Crippen molar-refractivity contribution in [3.8, 4) is 0 Å². The zero-order valence-corrected chi connectivity index (χ0v) is 11.0. The number of Topliss-reactive ketones (excluding diaryl/α,β-unsaturated/α-hetero) is 1. The van der Waals surface area contributed by atoms with Crippen molar-refractivity contribution in [1.29, 1.82) is 0 Å². The molecule has 4 nitrogen and oxygen atoms in total. The lowest BCUT2D eigenvalue weighted by molar-refractivity contribution is -0.145. The molecule has 20 heavy (non-hydrogen) atoms. The Morgan fingerprint density at radius 3 is 2.60 bits per heavy atom. The maximum Gasteiger partial charge on any atom is 0.320 e. The lowest BCUT2D eigenvalue weighted by atomic mass is 9.91. The van der Waals surface area contributed by atoms with Gasteiger partial charge in [-0.2, -0.15) is 0 Å². The van der Waals surface area contributed by atoms with E-state index in [1.54, 1.807) is 6.07 Å². The first-order valence-electron chi connectivity index (χ1n) is 6.40. The number of ketones is 1. The van der Waals surface area contributed by atoms with Gasteiger partial charge in [-0.25, -0.2) is 0 Å². The van der Waals surface area contributed by atoms with Crippen LogP contribution in [0, 0.1) is 5.41 Å². The molecule has 1 aliphatic rings. The maximum atomic E-state index is 12.6. The van der Waals surface area contributed by atoms with Gasteiger partial charge in [0.25, 0.3) is 0 Å². The lowest BCUT2D eigenvalue weighted by Crippen LogP contribution is -2.28. The summed E-state index contributed by atoms with van der Waals surface area (Å²) in [6.45, 7) is 0. The fraction of sp³-hybridized carbons (Fsp3) is 0.250. The molecule has 0 amide bonds. The molecule has 1 fully saturated rings. The van der Waals surface area contributed by atoms with Crippen LogP contribution < -0.4 is 0 Å². The Kier molecular flexibility index (Phi) is 2.93. The van der Waals surface area contributed by atoms with E-state index >= 15 is 0 Å². The van der Waals surface area contributed by atoms with Gasteiger partial charge in [-0.15, -0.1) is 0 Å². The second-order valence-electron chi connectivity index (χ2n) is 4.97. The van der Waals surface area contributed by atoms with Crippen molar-refractivity contribution in [2.75, 3.05) is 7.11 Å². The molecule has 2 atom stereocenters. The van der Waals surface area contributed by atoms with Crippen LogP contribution >= 0.6 is 0 Å². The number of hydrogen-bond acceptors (Lipinski definition) is 4. The molecule has 1 heterocycles.